The summed E-state index contributed by atoms with van der Waals surface area (Å²) in [7, 11) is 0. The van der Waals surface area contributed by atoms with Crippen LogP contribution in [0.1, 0.15) is 15.9 Å². The van der Waals surface area contributed by atoms with Gasteiger partial charge in [-0.05, 0) is 48.5 Å². The Balaban J connectivity index is 1.74. The maximum absolute atomic E-state index is 11.8. The molecule has 0 bridgehead atoms. The average molecular weight is 285 g/mol. The highest BCUT2D eigenvalue weighted by molar-refractivity contribution is 7.80. The Labute approximate surface area is 123 Å². The van der Waals surface area contributed by atoms with Crippen LogP contribution in [-0.4, -0.2) is 22.5 Å². The molecule has 0 aliphatic heterocycles. The van der Waals surface area contributed by atoms with Gasteiger partial charge in [0.2, 0.25) is 0 Å². The van der Waals surface area contributed by atoms with Gasteiger partial charge in [0, 0.05) is 24.5 Å². The van der Waals surface area contributed by atoms with E-state index in [1.165, 1.54) is 5.56 Å². The van der Waals surface area contributed by atoms with Crippen molar-refractivity contribution in [1.82, 2.24) is 15.6 Å². The molecule has 0 radical (unpaired) electrons. The molecule has 0 spiro atoms. The van der Waals surface area contributed by atoms with E-state index in [0.29, 0.717) is 17.2 Å². The van der Waals surface area contributed by atoms with E-state index in [9.17, 15) is 4.79 Å². The number of nitrogens with one attached hydrogen (secondary N) is 2. The van der Waals surface area contributed by atoms with Crippen molar-refractivity contribution >= 4 is 23.2 Å². The second kappa shape index (κ2) is 7.35. The molecule has 4 nitrogen and oxygen atoms in total. The molecular weight excluding hydrogens is 270 g/mol. The molecule has 0 saturated heterocycles. The van der Waals surface area contributed by atoms with Crippen LogP contribution in [0.25, 0.3) is 0 Å². The minimum absolute atomic E-state index is 0.202. The Hall–Kier alpha value is -2.27. The Kier molecular flexibility index (Phi) is 5.20. The van der Waals surface area contributed by atoms with Crippen molar-refractivity contribution in [2.24, 2.45) is 0 Å². The average Bonchev–Trinajstić information content (AvgIpc) is 2.49. The lowest BCUT2D eigenvalue weighted by Crippen LogP contribution is -2.40. The number of nitrogens with zero attached hydrogens (tertiary/aromatic N) is 1. The molecule has 2 rings (SSSR count). The van der Waals surface area contributed by atoms with Crippen molar-refractivity contribution in [3.63, 3.8) is 0 Å². The number of amides is 1. The van der Waals surface area contributed by atoms with E-state index in [-0.39, 0.29) is 5.91 Å². The smallest absolute Gasteiger partial charge is 0.257 e. The number of carbonyl (C=O) groups is 1. The Morgan fingerprint density at radius 3 is 2.50 bits per heavy atom. The van der Waals surface area contributed by atoms with E-state index in [1.54, 1.807) is 24.5 Å². The predicted octanol–water partition coefficient (Wildman–Crippen LogP) is 1.93. The first-order valence-electron chi connectivity index (χ1n) is 6.29. The highest BCUT2D eigenvalue weighted by atomic mass is 32.1. The van der Waals surface area contributed by atoms with Gasteiger partial charge in [-0.2, -0.15) is 0 Å². The van der Waals surface area contributed by atoms with Crippen LogP contribution in [0.15, 0.2) is 54.9 Å². The van der Waals surface area contributed by atoms with Gasteiger partial charge in [0.25, 0.3) is 5.91 Å². The molecule has 0 fully saturated rings. The van der Waals surface area contributed by atoms with Crippen LogP contribution in [0, 0.1) is 0 Å². The minimum Gasteiger partial charge on any atom is -0.362 e. The lowest BCUT2D eigenvalue weighted by atomic mass is 10.2. The van der Waals surface area contributed by atoms with E-state index in [0.717, 1.165) is 6.42 Å². The van der Waals surface area contributed by atoms with Crippen molar-refractivity contribution < 1.29 is 4.79 Å². The van der Waals surface area contributed by atoms with Gasteiger partial charge in [-0.25, -0.2) is 0 Å². The summed E-state index contributed by atoms with van der Waals surface area (Å²) in [6.45, 7) is 0.665. The van der Waals surface area contributed by atoms with Gasteiger partial charge in [-0.15, -0.1) is 0 Å². The van der Waals surface area contributed by atoms with Crippen molar-refractivity contribution in [3.05, 3.63) is 66.0 Å². The zero-order chi connectivity index (χ0) is 14.2. The summed E-state index contributed by atoms with van der Waals surface area (Å²) in [5.41, 5.74) is 1.76. The zero-order valence-corrected chi connectivity index (χ0v) is 11.7. The van der Waals surface area contributed by atoms with Gasteiger partial charge in [-0.1, -0.05) is 18.2 Å². The second-order valence-electron chi connectivity index (χ2n) is 4.18. The standard InChI is InChI=1S/C15H15N3OS/c19-14(13-4-2-1-3-5-13)18-15(20)17-11-8-12-6-9-16-10-7-12/h1-7,9-10H,8,11H2,(H2,17,18,19,20). The van der Waals surface area contributed by atoms with Gasteiger partial charge < -0.3 is 5.32 Å². The highest BCUT2D eigenvalue weighted by Crippen LogP contribution is 1.98. The van der Waals surface area contributed by atoms with Crippen LogP contribution in [0.2, 0.25) is 0 Å². The number of rotatable bonds is 4. The monoisotopic (exact) mass is 285 g/mol. The molecule has 2 N–H and O–H groups in total. The van der Waals surface area contributed by atoms with Crippen molar-refractivity contribution in [3.8, 4) is 0 Å². The lowest BCUT2D eigenvalue weighted by Gasteiger charge is -2.09. The molecule has 5 heteroatoms. The molecule has 0 atom stereocenters. The molecule has 1 aromatic carbocycles. The molecule has 0 aliphatic rings. The summed E-state index contributed by atoms with van der Waals surface area (Å²) in [6.07, 6.45) is 4.33. The Morgan fingerprint density at radius 2 is 1.80 bits per heavy atom. The first-order valence-corrected chi connectivity index (χ1v) is 6.69. The third-order valence-corrected chi connectivity index (χ3v) is 2.96. The molecule has 1 aromatic heterocycles. The topological polar surface area (TPSA) is 54.0 Å². The summed E-state index contributed by atoms with van der Waals surface area (Å²) < 4.78 is 0. The zero-order valence-electron chi connectivity index (χ0n) is 10.9. The number of pyridine rings is 1. The molecule has 0 unspecified atom stereocenters. The fourth-order valence-electron chi connectivity index (χ4n) is 1.68. The first-order chi connectivity index (χ1) is 9.75. The van der Waals surface area contributed by atoms with Gasteiger partial charge in [0.1, 0.15) is 0 Å². The maximum atomic E-state index is 11.8. The first kappa shape index (κ1) is 14.1. The van der Waals surface area contributed by atoms with Crippen LogP contribution >= 0.6 is 12.2 Å². The Bertz CT molecular complexity index is 572. The number of thiocarbonyl (C=S) groups is 1. The molecule has 0 aliphatic carbocycles. The van der Waals surface area contributed by atoms with Crippen LogP contribution in [0.3, 0.4) is 0 Å². The van der Waals surface area contributed by atoms with Gasteiger partial charge >= 0.3 is 0 Å². The molecule has 0 saturated carbocycles. The second-order valence-corrected chi connectivity index (χ2v) is 4.59. The van der Waals surface area contributed by atoms with Gasteiger partial charge in [0.05, 0.1) is 0 Å². The molecule has 2 aromatic rings. The molecule has 1 amide bonds. The van der Waals surface area contributed by atoms with E-state index in [4.69, 9.17) is 12.2 Å². The number of aromatic nitrogens is 1. The molecule has 1 heterocycles. The number of carbonyl (C=O) groups excluding carboxylic acids is 1. The third-order valence-electron chi connectivity index (χ3n) is 2.71. The van der Waals surface area contributed by atoms with Crippen molar-refractivity contribution in [1.29, 1.82) is 0 Å². The molecule has 102 valence electrons. The normalized spacial score (nSPS) is 9.80. The SMILES string of the molecule is O=C(NC(=S)NCCc1ccncc1)c1ccccc1. The van der Waals surface area contributed by atoms with Gasteiger partial charge in [0.15, 0.2) is 5.11 Å². The summed E-state index contributed by atoms with van der Waals surface area (Å²) in [5, 5.41) is 6.00. The Morgan fingerprint density at radius 1 is 1.10 bits per heavy atom. The van der Waals surface area contributed by atoms with E-state index in [2.05, 4.69) is 15.6 Å². The maximum Gasteiger partial charge on any atom is 0.257 e. The predicted molar refractivity (Wildman–Crippen MR) is 82.4 cm³/mol. The fraction of sp³-hybridized carbons (Fsp3) is 0.133. The summed E-state index contributed by atoms with van der Waals surface area (Å²) >= 11 is 5.09. The minimum atomic E-state index is -0.202. The summed E-state index contributed by atoms with van der Waals surface area (Å²) in [5.74, 6) is -0.202. The number of benzene rings is 1. The van der Waals surface area contributed by atoms with Crippen molar-refractivity contribution in [2.75, 3.05) is 6.54 Å². The lowest BCUT2D eigenvalue weighted by molar-refractivity contribution is 0.0976. The van der Waals surface area contributed by atoms with Crippen LogP contribution in [0.4, 0.5) is 0 Å². The summed E-state index contributed by atoms with van der Waals surface area (Å²) in [4.78, 5) is 15.8. The molecular formula is C15H15N3OS. The fourth-order valence-corrected chi connectivity index (χ4v) is 1.87. The van der Waals surface area contributed by atoms with Crippen molar-refractivity contribution in [2.45, 2.75) is 6.42 Å². The largest absolute Gasteiger partial charge is 0.362 e. The van der Waals surface area contributed by atoms with Gasteiger partial charge in [-0.3, -0.25) is 15.1 Å². The van der Waals surface area contributed by atoms with Crippen LogP contribution in [0.5, 0.6) is 0 Å². The summed E-state index contributed by atoms with van der Waals surface area (Å²) in [6, 6.07) is 12.9. The van der Waals surface area contributed by atoms with E-state index in [1.807, 2.05) is 30.3 Å². The van der Waals surface area contributed by atoms with Crippen LogP contribution < -0.4 is 10.6 Å². The van der Waals surface area contributed by atoms with E-state index >= 15 is 0 Å². The molecule has 20 heavy (non-hydrogen) atoms. The number of hydrogen-bond donors (Lipinski definition) is 2. The quantitative estimate of drug-likeness (QED) is 0.843. The van der Waals surface area contributed by atoms with Crippen LogP contribution in [-0.2, 0) is 6.42 Å². The third kappa shape index (κ3) is 4.44. The highest BCUT2D eigenvalue weighted by Gasteiger charge is 2.06. The number of hydrogen-bond acceptors (Lipinski definition) is 3. The van der Waals surface area contributed by atoms with E-state index < -0.39 is 0 Å².